The SMILES string of the molecule is Cc1cc(C)n(-c2nnc(N/N=C/c3ccc(O)cc3)nn2)n1. The minimum Gasteiger partial charge on any atom is -0.508 e. The van der Waals surface area contributed by atoms with Crippen LogP contribution in [0.1, 0.15) is 17.0 Å². The number of nitrogens with zero attached hydrogens (tertiary/aromatic N) is 7. The first-order valence-electron chi connectivity index (χ1n) is 6.81. The zero-order valence-corrected chi connectivity index (χ0v) is 12.5. The summed E-state index contributed by atoms with van der Waals surface area (Å²) < 4.78 is 1.57. The molecule has 0 aliphatic rings. The summed E-state index contributed by atoms with van der Waals surface area (Å²) in [5.74, 6) is 0.667. The van der Waals surface area contributed by atoms with Gasteiger partial charge in [0.05, 0.1) is 11.9 Å². The zero-order chi connectivity index (χ0) is 16.2. The van der Waals surface area contributed by atoms with E-state index in [4.69, 9.17) is 0 Å². The van der Waals surface area contributed by atoms with Crippen molar-refractivity contribution < 1.29 is 5.11 Å². The van der Waals surface area contributed by atoms with Crippen molar-refractivity contribution in [2.45, 2.75) is 13.8 Å². The second-order valence-electron chi connectivity index (χ2n) is 4.82. The first-order valence-corrected chi connectivity index (χ1v) is 6.81. The Morgan fingerprint density at radius 2 is 1.78 bits per heavy atom. The van der Waals surface area contributed by atoms with Gasteiger partial charge in [0.1, 0.15) is 5.75 Å². The van der Waals surface area contributed by atoms with Crippen molar-refractivity contribution in [2.24, 2.45) is 5.10 Å². The second-order valence-corrected chi connectivity index (χ2v) is 4.82. The van der Waals surface area contributed by atoms with Crippen LogP contribution in [-0.4, -0.2) is 41.5 Å². The van der Waals surface area contributed by atoms with E-state index in [1.165, 1.54) is 0 Å². The highest BCUT2D eigenvalue weighted by molar-refractivity contribution is 5.80. The average Bonchev–Trinajstić information content (AvgIpc) is 2.89. The van der Waals surface area contributed by atoms with Crippen molar-refractivity contribution in [3.63, 3.8) is 0 Å². The molecule has 0 spiro atoms. The van der Waals surface area contributed by atoms with Gasteiger partial charge in [-0.25, -0.2) is 10.1 Å². The highest BCUT2D eigenvalue weighted by Crippen LogP contribution is 2.08. The monoisotopic (exact) mass is 310 g/mol. The Hall–Kier alpha value is -3.36. The van der Waals surface area contributed by atoms with Crippen LogP contribution in [0.25, 0.3) is 5.95 Å². The number of aromatic hydroxyl groups is 1. The number of rotatable bonds is 4. The van der Waals surface area contributed by atoms with E-state index < -0.39 is 0 Å². The van der Waals surface area contributed by atoms with E-state index in [1.807, 2.05) is 19.9 Å². The van der Waals surface area contributed by atoms with Gasteiger partial charge in [0.15, 0.2) is 0 Å². The molecule has 0 saturated heterocycles. The molecule has 0 aliphatic carbocycles. The Bertz CT molecular complexity index is 823. The Balaban J connectivity index is 1.68. The molecule has 9 heteroatoms. The van der Waals surface area contributed by atoms with Gasteiger partial charge in [0, 0.05) is 5.69 Å². The first-order chi connectivity index (χ1) is 11.1. The zero-order valence-electron chi connectivity index (χ0n) is 12.5. The van der Waals surface area contributed by atoms with Gasteiger partial charge in [0.25, 0.3) is 11.9 Å². The summed E-state index contributed by atoms with van der Waals surface area (Å²) in [4.78, 5) is 0. The lowest BCUT2D eigenvalue weighted by Gasteiger charge is -2.01. The van der Waals surface area contributed by atoms with Crippen LogP contribution >= 0.6 is 0 Å². The molecule has 9 nitrogen and oxygen atoms in total. The summed E-state index contributed by atoms with van der Waals surface area (Å²) in [6.07, 6.45) is 1.57. The van der Waals surface area contributed by atoms with E-state index in [9.17, 15) is 5.11 Å². The Morgan fingerprint density at radius 1 is 1.09 bits per heavy atom. The van der Waals surface area contributed by atoms with E-state index in [0.29, 0.717) is 5.95 Å². The molecule has 0 aliphatic heterocycles. The molecule has 23 heavy (non-hydrogen) atoms. The third-order valence-electron chi connectivity index (χ3n) is 2.94. The fourth-order valence-electron chi connectivity index (χ4n) is 1.91. The normalized spacial score (nSPS) is 11.0. The van der Waals surface area contributed by atoms with E-state index in [0.717, 1.165) is 17.0 Å². The van der Waals surface area contributed by atoms with Crippen LogP contribution in [-0.2, 0) is 0 Å². The number of phenolic OH excluding ortho intramolecular Hbond substituents is 1. The van der Waals surface area contributed by atoms with Crippen molar-refractivity contribution in [1.29, 1.82) is 0 Å². The molecule has 0 bridgehead atoms. The highest BCUT2D eigenvalue weighted by atomic mass is 16.3. The first kappa shape index (κ1) is 14.6. The molecular formula is C14H14N8O. The highest BCUT2D eigenvalue weighted by Gasteiger charge is 2.07. The van der Waals surface area contributed by atoms with Crippen LogP contribution in [0.15, 0.2) is 35.4 Å². The molecule has 0 fully saturated rings. The molecule has 116 valence electrons. The molecule has 0 unspecified atom stereocenters. The minimum absolute atomic E-state index is 0.172. The summed E-state index contributed by atoms with van der Waals surface area (Å²) in [5, 5.41) is 33.2. The molecule has 2 N–H and O–H groups in total. The molecular weight excluding hydrogens is 296 g/mol. The topological polar surface area (TPSA) is 114 Å². The van der Waals surface area contributed by atoms with Crippen molar-refractivity contribution in [1.82, 2.24) is 30.2 Å². The number of benzene rings is 1. The molecule has 2 heterocycles. The number of aryl methyl sites for hydroxylation is 2. The predicted octanol–water partition coefficient (Wildman–Crippen LogP) is 1.22. The van der Waals surface area contributed by atoms with E-state index in [1.54, 1.807) is 35.2 Å². The van der Waals surface area contributed by atoms with Gasteiger partial charge in [-0.2, -0.15) is 10.2 Å². The standard InChI is InChI=1S/C14H14N8O/c1-9-7-10(2)22(21-9)14-19-17-13(18-20-14)16-15-8-11-3-5-12(23)6-4-11/h3-8,23H,1-2H3,(H,16,17,18)/b15-8+. The van der Waals surface area contributed by atoms with Gasteiger partial charge in [-0.3, -0.25) is 0 Å². The maximum Gasteiger partial charge on any atom is 0.289 e. The van der Waals surface area contributed by atoms with Crippen molar-refractivity contribution >= 4 is 12.2 Å². The van der Waals surface area contributed by atoms with Crippen LogP contribution in [0, 0.1) is 13.8 Å². The van der Waals surface area contributed by atoms with Gasteiger partial charge in [-0.15, -0.1) is 20.4 Å². The number of aromatic nitrogens is 6. The van der Waals surface area contributed by atoms with Crippen LogP contribution in [0.3, 0.4) is 0 Å². The molecule has 1 aromatic carbocycles. The van der Waals surface area contributed by atoms with E-state index >= 15 is 0 Å². The molecule has 3 rings (SSSR count). The van der Waals surface area contributed by atoms with Gasteiger partial charge >= 0.3 is 0 Å². The number of nitrogens with one attached hydrogen (secondary N) is 1. The number of hydrazone groups is 1. The summed E-state index contributed by atoms with van der Waals surface area (Å²) in [7, 11) is 0. The number of hydrogen-bond acceptors (Lipinski definition) is 8. The van der Waals surface area contributed by atoms with Gasteiger partial charge < -0.3 is 5.11 Å². The van der Waals surface area contributed by atoms with Crippen LogP contribution in [0.4, 0.5) is 5.95 Å². The minimum atomic E-state index is 0.172. The Labute approximate surface area is 131 Å². The largest absolute Gasteiger partial charge is 0.508 e. The van der Waals surface area contributed by atoms with Gasteiger partial charge in [-0.1, -0.05) is 0 Å². The fraction of sp³-hybridized carbons (Fsp3) is 0.143. The molecule has 2 aromatic heterocycles. The maximum atomic E-state index is 9.20. The maximum absolute atomic E-state index is 9.20. The summed E-state index contributed by atoms with van der Waals surface area (Å²) in [6, 6.07) is 8.51. The fourth-order valence-corrected chi connectivity index (χ4v) is 1.91. The van der Waals surface area contributed by atoms with Crippen LogP contribution in [0.2, 0.25) is 0 Å². The molecule has 0 radical (unpaired) electrons. The lowest BCUT2D eigenvalue weighted by Crippen LogP contribution is -2.09. The molecule has 3 aromatic rings. The van der Waals surface area contributed by atoms with Crippen LogP contribution in [0.5, 0.6) is 5.75 Å². The van der Waals surface area contributed by atoms with Crippen LogP contribution < -0.4 is 5.43 Å². The Kier molecular flexibility index (Phi) is 3.91. The molecule has 0 saturated carbocycles. The second kappa shape index (κ2) is 6.18. The third-order valence-corrected chi connectivity index (χ3v) is 2.94. The smallest absolute Gasteiger partial charge is 0.289 e. The number of anilines is 1. The van der Waals surface area contributed by atoms with Crippen molar-refractivity contribution in [3.05, 3.63) is 47.3 Å². The predicted molar refractivity (Wildman–Crippen MR) is 83.5 cm³/mol. The van der Waals surface area contributed by atoms with E-state index in [-0.39, 0.29) is 11.7 Å². The van der Waals surface area contributed by atoms with Gasteiger partial charge in [0.2, 0.25) is 0 Å². The van der Waals surface area contributed by atoms with Crippen molar-refractivity contribution in [2.75, 3.05) is 5.43 Å². The molecule has 0 amide bonds. The lowest BCUT2D eigenvalue weighted by molar-refractivity contribution is 0.475. The Morgan fingerprint density at radius 3 is 2.39 bits per heavy atom. The quantitative estimate of drug-likeness (QED) is 0.550. The summed E-state index contributed by atoms with van der Waals surface area (Å²) in [6.45, 7) is 3.79. The average molecular weight is 310 g/mol. The van der Waals surface area contributed by atoms with Crippen molar-refractivity contribution in [3.8, 4) is 11.7 Å². The van der Waals surface area contributed by atoms with Gasteiger partial charge in [-0.05, 0) is 49.7 Å². The molecule has 0 atom stereocenters. The third kappa shape index (κ3) is 3.46. The number of phenols is 1. The summed E-state index contributed by atoms with van der Waals surface area (Å²) in [5.41, 5.74) is 5.22. The number of hydrogen-bond donors (Lipinski definition) is 2. The lowest BCUT2D eigenvalue weighted by atomic mass is 10.2. The summed E-state index contributed by atoms with van der Waals surface area (Å²) >= 11 is 0. The van der Waals surface area contributed by atoms with E-state index in [2.05, 4.69) is 36.0 Å².